The molecule has 0 spiro atoms. The van der Waals surface area contributed by atoms with E-state index in [1.807, 2.05) is 27.7 Å². The second kappa shape index (κ2) is 14.2. The maximum atomic E-state index is 13.1. The molecule has 1 saturated heterocycles. The van der Waals surface area contributed by atoms with Crippen molar-refractivity contribution in [2.24, 2.45) is 0 Å². The molecule has 1 unspecified atom stereocenters. The molecule has 11 nitrogen and oxygen atoms in total. The molecule has 1 aliphatic rings. The van der Waals surface area contributed by atoms with Crippen LogP contribution in [-0.2, 0) is 10.0 Å². The smallest absolute Gasteiger partial charge is 0.333 e. The zero-order chi connectivity index (χ0) is 31.2. The fraction of sp³-hybridized carbons (Fsp3) is 0.667. The molecular weight excluding hydrogens is 558 g/mol. The molecule has 0 saturated carbocycles. The molecule has 1 fully saturated rings. The molecule has 1 atom stereocenters. The lowest BCUT2D eigenvalue weighted by atomic mass is 10.0. The quantitative estimate of drug-likeness (QED) is 0.314. The van der Waals surface area contributed by atoms with Gasteiger partial charge < -0.3 is 14.7 Å². The first-order valence-electron chi connectivity index (χ1n) is 15.0. The van der Waals surface area contributed by atoms with Crippen LogP contribution in [0.15, 0.2) is 44.8 Å². The summed E-state index contributed by atoms with van der Waals surface area (Å²) in [5.74, 6) is 1.10. The minimum absolute atomic E-state index is 0.105. The highest BCUT2D eigenvalue weighted by molar-refractivity contribution is 7.89. The van der Waals surface area contributed by atoms with Gasteiger partial charge in [-0.05, 0) is 72.2 Å². The number of hydrogen-bond donors (Lipinski definition) is 2. The normalized spacial score (nSPS) is 15.9. The molecule has 236 valence electrons. The lowest BCUT2D eigenvalue weighted by molar-refractivity contribution is -0.0450. The van der Waals surface area contributed by atoms with Crippen LogP contribution in [0.5, 0.6) is 5.75 Å². The Morgan fingerprint density at radius 1 is 0.952 bits per heavy atom. The molecule has 1 aliphatic heterocycles. The first-order chi connectivity index (χ1) is 19.7. The number of rotatable bonds is 14. The summed E-state index contributed by atoms with van der Waals surface area (Å²) in [5.41, 5.74) is -1.53. The van der Waals surface area contributed by atoms with E-state index in [0.717, 1.165) is 19.3 Å². The zero-order valence-electron chi connectivity index (χ0n) is 26.2. The average molecular weight is 608 g/mol. The summed E-state index contributed by atoms with van der Waals surface area (Å²) in [5, 5.41) is 11.1. The van der Waals surface area contributed by atoms with Crippen molar-refractivity contribution in [2.75, 3.05) is 44.2 Å². The number of unbranched alkanes of at least 4 members (excludes halogenated alkanes) is 2. The maximum absolute atomic E-state index is 13.1. The number of nitrogens with one attached hydrogen (secondary N) is 1. The largest absolute Gasteiger partial charge is 0.485 e. The lowest BCUT2D eigenvalue weighted by Gasteiger charge is -2.40. The molecule has 0 amide bonds. The van der Waals surface area contributed by atoms with Gasteiger partial charge in [-0.15, -0.1) is 0 Å². The van der Waals surface area contributed by atoms with E-state index in [1.165, 1.54) is 16.7 Å². The van der Waals surface area contributed by atoms with Gasteiger partial charge >= 0.3 is 5.69 Å². The monoisotopic (exact) mass is 607 g/mol. The number of sulfonamides is 1. The third-order valence-corrected chi connectivity index (χ3v) is 9.18. The van der Waals surface area contributed by atoms with Crippen molar-refractivity contribution < 1.29 is 18.3 Å². The number of ether oxygens (including phenoxy) is 1. The Bertz CT molecular complexity index is 1390. The third kappa shape index (κ3) is 8.24. The predicted octanol–water partition coefficient (Wildman–Crippen LogP) is 2.98. The lowest BCUT2D eigenvalue weighted by Crippen LogP contribution is -2.54. The number of nitrogens with zero attached hydrogens (tertiary/aromatic N) is 4. The fourth-order valence-electron chi connectivity index (χ4n) is 5.11. The van der Waals surface area contributed by atoms with Gasteiger partial charge in [0.2, 0.25) is 10.0 Å². The van der Waals surface area contributed by atoms with Crippen molar-refractivity contribution in [3.05, 3.63) is 51.2 Å². The number of aliphatic hydroxyl groups is 1. The van der Waals surface area contributed by atoms with Crippen LogP contribution in [0.2, 0.25) is 0 Å². The summed E-state index contributed by atoms with van der Waals surface area (Å²) >= 11 is 0. The van der Waals surface area contributed by atoms with Crippen LogP contribution in [0.4, 0.5) is 5.82 Å². The van der Waals surface area contributed by atoms with Gasteiger partial charge in [0.05, 0.1) is 4.90 Å². The van der Waals surface area contributed by atoms with Crippen molar-refractivity contribution in [1.82, 2.24) is 18.8 Å². The summed E-state index contributed by atoms with van der Waals surface area (Å²) in [4.78, 5) is 30.3. The molecule has 1 aromatic carbocycles. The van der Waals surface area contributed by atoms with Gasteiger partial charge in [0.15, 0.2) is 0 Å². The van der Waals surface area contributed by atoms with Gasteiger partial charge in [-0.3, -0.25) is 18.8 Å². The molecule has 2 aromatic rings. The van der Waals surface area contributed by atoms with E-state index in [0.29, 0.717) is 50.8 Å². The summed E-state index contributed by atoms with van der Waals surface area (Å²) < 4.78 is 36.7. The minimum Gasteiger partial charge on any atom is -0.485 e. The van der Waals surface area contributed by atoms with Gasteiger partial charge in [-0.2, -0.15) is 0 Å². The molecule has 3 rings (SSSR count). The molecule has 0 bridgehead atoms. The highest BCUT2D eigenvalue weighted by atomic mass is 32.2. The molecule has 2 heterocycles. The summed E-state index contributed by atoms with van der Waals surface area (Å²) in [6.07, 6.45) is 1.96. The van der Waals surface area contributed by atoms with E-state index >= 15 is 0 Å². The topological polar surface area (TPSA) is 126 Å². The van der Waals surface area contributed by atoms with E-state index in [9.17, 15) is 23.1 Å². The molecule has 0 aliphatic carbocycles. The molecule has 2 N–H and O–H groups in total. The van der Waals surface area contributed by atoms with Gasteiger partial charge in [-0.25, -0.2) is 17.9 Å². The van der Waals surface area contributed by atoms with Crippen molar-refractivity contribution in [3.63, 3.8) is 0 Å². The van der Waals surface area contributed by atoms with Crippen LogP contribution >= 0.6 is 0 Å². The standard InChI is InChI=1S/C30H49N5O6S/c1-8-9-10-15-31-42(39,40)25-13-11-24(12-14-25)41-30(6,7)26(36)21-32-16-18-33(19-17-32)27-20-28(37)35(23(4)5)29(38)34(27)22(2)3/h11-14,20,22-23,26,31,36H,8-10,15-19,21H2,1-7H3. The maximum Gasteiger partial charge on any atom is 0.333 e. The van der Waals surface area contributed by atoms with Crippen LogP contribution in [0, 0.1) is 0 Å². The number of benzene rings is 1. The van der Waals surface area contributed by atoms with E-state index in [1.54, 1.807) is 36.6 Å². The van der Waals surface area contributed by atoms with Crippen molar-refractivity contribution in [1.29, 1.82) is 0 Å². The van der Waals surface area contributed by atoms with Gasteiger partial charge in [0, 0.05) is 57.4 Å². The molecule has 0 radical (unpaired) electrons. The van der Waals surface area contributed by atoms with Gasteiger partial charge in [-0.1, -0.05) is 19.8 Å². The Hall–Kier alpha value is -2.67. The number of piperazine rings is 1. The summed E-state index contributed by atoms with van der Waals surface area (Å²) in [7, 11) is -3.58. The number of aliphatic hydroxyl groups excluding tert-OH is 1. The second-order valence-corrected chi connectivity index (χ2v) is 13.9. The first-order valence-corrected chi connectivity index (χ1v) is 16.5. The Kier molecular flexibility index (Phi) is 11.4. The second-order valence-electron chi connectivity index (χ2n) is 12.1. The number of anilines is 1. The number of β-amino-alcohol motifs (C(OH)–C–C–N with tert-alkyl or cyclic N) is 1. The van der Waals surface area contributed by atoms with Crippen LogP contribution in [-0.4, -0.2) is 78.5 Å². The summed E-state index contributed by atoms with van der Waals surface area (Å²) in [6.45, 7) is 16.5. The highest BCUT2D eigenvalue weighted by Gasteiger charge is 2.33. The minimum atomic E-state index is -3.58. The van der Waals surface area contributed by atoms with Crippen LogP contribution < -0.4 is 25.6 Å². The van der Waals surface area contributed by atoms with Crippen LogP contribution in [0.1, 0.15) is 79.8 Å². The molecule has 42 heavy (non-hydrogen) atoms. The van der Waals surface area contributed by atoms with Crippen molar-refractivity contribution in [3.8, 4) is 5.75 Å². The Labute approximate surface area is 250 Å². The zero-order valence-corrected chi connectivity index (χ0v) is 27.0. The van der Waals surface area contributed by atoms with Gasteiger partial charge in [0.25, 0.3) is 5.56 Å². The van der Waals surface area contributed by atoms with E-state index in [4.69, 9.17) is 4.74 Å². The highest BCUT2D eigenvalue weighted by Crippen LogP contribution is 2.25. The SMILES string of the molecule is CCCCCNS(=O)(=O)c1ccc(OC(C)(C)C(O)CN2CCN(c3cc(=O)n(C(C)C)c(=O)n3C(C)C)CC2)cc1. The van der Waals surface area contributed by atoms with E-state index in [-0.39, 0.29) is 28.2 Å². The van der Waals surface area contributed by atoms with Crippen molar-refractivity contribution in [2.45, 2.75) is 96.4 Å². The summed E-state index contributed by atoms with van der Waals surface area (Å²) in [6, 6.07) is 7.46. The van der Waals surface area contributed by atoms with E-state index < -0.39 is 21.7 Å². The third-order valence-electron chi connectivity index (χ3n) is 7.70. The average Bonchev–Trinajstić information content (AvgIpc) is 2.91. The van der Waals surface area contributed by atoms with Crippen LogP contribution in [0.25, 0.3) is 0 Å². The fourth-order valence-corrected chi connectivity index (χ4v) is 6.18. The van der Waals surface area contributed by atoms with Gasteiger partial charge in [0.1, 0.15) is 23.3 Å². The van der Waals surface area contributed by atoms with Crippen LogP contribution in [0.3, 0.4) is 0 Å². The Morgan fingerprint density at radius 2 is 1.55 bits per heavy atom. The molecule has 1 aromatic heterocycles. The molecule has 12 heteroatoms. The number of aromatic nitrogens is 2. The predicted molar refractivity (Wildman–Crippen MR) is 166 cm³/mol. The first kappa shape index (κ1) is 33.8. The van der Waals surface area contributed by atoms with E-state index in [2.05, 4.69) is 21.4 Å². The Balaban J connectivity index is 1.60. The van der Waals surface area contributed by atoms with Crippen molar-refractivity contribution >= 4 is 15.8 Å². The number of hydrogen-bond acceptors (Lipinski definition) is 8. The Morgan fingerprint density at radius 3 is 2.10 bits per heavy atom. The molecular formula is C30H49N5O6S.